The Balaban J connectivity index is 0.000000225. The number of piperidine rings is 5. The van der Waals surface area contributed by atoms with Crippen molar-refractivity contribution in [2.45, 2.75) is 363 Å². The first-order valence-electron chi connectivity index (χ1n) is 46.9. The molecule has 5 aromatic rings. The Morgan fingerprint density at radius 1 is 0.512 bits per heavy atom. The summed E-state index contributed by atoms with van der Waals surface area (Å²) in [5.41, 5.74) is 0.827. The maximum absolute atomic E-state index is 12.0. The molecule has 5 unspecified atom stereocenters. The number of esters is 1. The number of nitriles is 1. The van der Waals surface area contributed by atoms with Crippen molar-refractivity contribution in [3.05, 3.63) is 62.3 Å². The van der Waals surface area contributed by atoms with Gasteiger partial charge in [-0.05, 0) is 275 Å². The summed E-state index contributed by atoms with van der Waals surface area (Å²) in [6.45, 7) is 73.7. The summed E-state index contributed by atoms with van der Waals surface area (Å²) in [5, 5.41) is 66.9. The number of ether oxygens (including phenoxy) is 4. The summed E-state index contributed by atoms with van der Waals surface area (Å²) in [5.74, 6) is 3.43. The molecule has 8 fully saturated rings. The molecular weight excluding hydrogens is 1630 g/mol. The fourth-order valence-electron chi connectivity index (χ4n) is 18.0. The molecular formula is C93H171N23O10S. The molecule has 8 aliphatic heterocycles. The first-order chi connectivity index (χ1) is 59.1. The highest BCUT2D eigenvalue weighted by molar-refractivity contribution is 7.91. The molecule has 127 heavy (non-hydrogen) atoms. The van der Waals surface area contributed by atoms with E-state index >= 15 is 0 Å². The van der Waals surface area contributed by atoms with Gasteiger partial charge in [0.15, 0.2) is 0 Å². The lowest BCUT2D eigenvalue weighted by atomic mass is 9.86. The van der Waals surface area contributed by atoms with Crippen molar-refractivity contribution >= 4 is 21.7 Å². The van der Waals surface area contributed by atoms with Gasteiger partial charge in [0.1, 0.15) is 72.1 Å². The van der Waals surface area contributed by atoms with E-state index in [2.05, 4.69) is 252 Å². The molecule has 5 aromatic heterocycles. The summed E-state index contributed by atoms with van der Waals surface area (Å²) in [6.07, 6.45) is 28.1. The molecule has 0 bridgehead atoms. The Labute approximate surface area is 764 Å². The van der Waals surface area contributed by atoms with Crippen LogP contribution in [0, 0.1) is 36.0 Å². The molecule has 13 heterocycles. The summed E-state index contributed by atoms with van der Waals surface area (Å²) < 4.78 is 54.2. The van der Waals surface area contributed by atoms with Crippen molar-refractivity contribution in [3.8, 4) is 6.07 Å². The molecule has 8 saturated heterocycles. The van der Waals surface area contributed by atoms with Crippen LogP contribution in [0.15, 0.2) is 50.6 Å². The van der Waals surface area contributed by atoms with E-state index in [1.807, 2.05) is 60.7 Å². The van der Waals surface area contributed by atoms with E-state index in [1.54, 1.807) is 38.6 Å². The van der Waals surface area contributed by atoms with Crippen LogP contribution in [0.25, 0.3) is 0 Å². The molecule has 0 radical (unpaired) electrons. The van der Waals surface area contributed by atoms with E-state index in [0.29, 0.717) is 73.2 Å². The number of aromatic nitrogens is 15. The van der Waals surface area contributed by atoms with Gasteiger partial charge in [0.2, 0.25) is 5.91 Å². The second-order valence-electron chi connectivity index (χ2n) is 43.9. The van der Waals surface area contributed by atoms with Gasteiger partial charge >= 0.3 is 5.97 Å². The molecule has 34 heteroatoms. The predicted molar refractivity (Wildman–Crippen MR) is 500 cm³/mol. The lowest BCUT2D eigenvalue weighted by Gasteiger charge is -2.47. The number of amides is 1. The molecule has 5 atom stereocenters. The third kappa shape index (κ3) is 36.3. The second-order valence-corrected chi connectivity index (χ2v) is 46.2. The third-order valence-electron chi connectivity index (χ3n) is 26.1. The van der Waals surface area contributed by atoms with Gasteiger partial charge in [-0.1, -0.05) is 0 Å². The monoisotopic (exact) mass is 1800 g/mol. The normalized spacial score (nSPS) is 22.9. The number of aliphatic hydroxyl groups excluding tert-OH is 2. The Morgan fingerprint density at radius 3 is 1.38 bits per heavy atom. The van der Waals surface area contributed by atoms with Crippen LogP contribution >= 0.6 is 0 Å². The standard InChI is InChI=1S/C13H21N5.C13H22N4O2.C12H22N4O.2C12H22N4.C11H22N2O2.C10H20O3S.C10H20O2/c1-13(2,3)17-8-5-11(6-9-17)18-10-15-16-12(18)4-7-14;1-13(2,3)17-6-5-11(16-8-14-15-9-16)10(7-17)12(18)19-4;1-11(2,3)15-6-4-12(8-17,5-7-15)16-9-13-14-10-16;1-10-14-13-9-16(10)11-5-7-15(8-6-11)12(2,3)4;1-10-7-11(15-8-13-14-9-15)5-6-16(10)12(2,3)4;1-9(15)12-5-6-13(11(2,3)4)10(7-12)8-14;1-10(2,3)13-8-9-4-6-14(11,12)7-5-9;1-10(2,3)12-8-9-4-6-11-7-5-9/h10-11H,4-6,8-9H2,1-3H3;8-11H,5-7H2,1-4H3;9-10,17H,4-8H2,1-3H3;9,11H,5-8H2,1-4H3;8-11H,5-7H2,1-4H3;10,14H,5-8H2,1-4H3;9H,4-8H2,1-3H3;9H,4-8H2,1-3H3. The first-order valence-corrected chi connectivity index (χ1v) is 48.7. The number of aryl methyl sites for hydroxylation is 1. The van der Waals surface area contributed by atoms with E-state index < -0.39 is 9.84 Å². The van der Waals surface area contributed by atoms with Crippen LogP contribution in [0.3, 0.4) is 0 Å². The van der Waals surface area contributed by atoms with Crippen LogP contribution in [0.2, 0.25) is 0 Å². The molecule has 8 aliphatic rings. The van der Waals surface area contributed by atoms with Crippen molar-refractivity contribution in [1.29, 1.82) is 5.26 Å². The van der Waals surface area contributed by atoms with Gasteiger partial charge in [-0.15, -0.1) is 51.0 Å². The number of aliphatic hydroxyl groups is 2. The lowest BCUT2D eigenvalue weighted by molar-refractivity contribution is -0.150. The van der Waals surface area contributed by atoms with Crippen molar-refractivity contribution in [2.75, 3.05) is 137 Å². The number of carbonyl (C=O) groups is 2. The van der Waals surface area contributed by atoms with E-state index in [0.717, 1.165) is 148 Å². The lowest BCUT2D eigenvalue weighted by Crippen LogP contribution is -2.61. The zero-order valence-electron chi connectivity index (χ0n) is 83.7. The van der Waals surface area contributed by atoms with Crippen molar-refractivity contribution < 1.29 is 47.2 Å². The van der Waals surface area contributed by atoms with Crippen LogP contribution < -0.4 is 0 Å². The molecule has 1 amide bonds. The van der Waals surface area contributed by atoms with Crippen LogP contribution in [-0.4, -0.2) is 332 Å². The maximum atomic E-state index is 12.0. The number of carbonyl (C=O) groups excluding carboxylic acids is 2. The molecule has 0 aliphatic carbocycles. The zero-order valence-corrected chi connectivity index (χ0v) is 84.5. The van der Waals surface area contributed by atoms with Crippen LogP contribution in [0.4, 0.5) is 0 Å². The molecule has 0 spiro atoms. The average molecular weight is 1800 g/mol. The van der Waals surface area contributed by atoms with Crippen molar-refractivity contribution in [3.63, 3.8) is 0 Å². The predicted octanol–water partition coefficient (Wildman–Crippen LogP) is 12.0. The Kier molecular flexibility index (Phi) is 42.1. The van der Waals surface area contributed by atoms with Gasteiger partial charge in [0.25, 0.3) is 0 Å². The minimum Gasteiger partial charge on any atom is -0.469 e. The summed E-state index contributed by atoms with van der Waals surface area (Å²) in [6, 6.07) is 4.54. The number of rotatable bonds is 13. The molecule has 724 valence electrons. The fourth-order valence-corrected chi connectivity index (χ4v) is 19.6. The van der Waals surface area contributed by atoms with Crippen LogP contribution in [-0.2, 0) is 50.3 Å². The van der Waals surface area contributed by atoms with Gasteiger partial charge in [0, 0.05) is 156 Å². The van der Waals surface area contributed by atoms with E-state index in [-0.39, 0.29) is 87.5 Å². The molecule has 0 saturated carbocycles. The Morgan fingerprint density at radius 2 is 0.953 bits per heavy atom. The van der Waals surface area contributed by atoms with E-state index in [4.69, 9.17) is 24.2 Å². The van der Waals surface area contributed by atoms with Crippen molar-refractivity contribution in [1.82, 2.24) is 108 Å². The quantitative estimate of drug-likeness (QED) is 0.103. The second kappa shape index (κ2) is 48.9. The fraction of sp³-hybridized carbons (Fsp3) is 0.860. The molecule has 33 nitrogen and oxygen atoms in total. The maximum Gasteiger partial charge on any atom is 0.312 e. The first kappa shape index (κ1) is 109. The van der Waals surface area contributed by atoms with Gasteiger partial charge in [-0.3, -0.25) is 39.0 Å². The minimum absolute atomic E-state index is 0.0122. The van der Waals surface area contributed by atoms with Gasteiger partial charge in [0.05, 0.1) is 92.3 Å². The number of hydrogen-bond donors (Lipinski definition) is 2. The topological polar surface area (TPSA) is 346 Å². The minimum atomic E-state index is -2.73. The number of sulfone groups is 1. The van der Waals surface area contributed by atoms with Crippen molar-refractivity contribution in [2.24, 2.45) is 17.8 Å². The highest BCUT2D eigenvalue weighted by atomic mass is 32.2. The highest BCUT2D eigenvalue weighted by Gasteiger charge is 2.42. The van der Waals surface area contributed by atoms with Gasteiger partial charge in [-0.25, -0.2) is 8.42 Å². The number of nitrogens with zero attached hydrogens (tertiary/aromatic N) is 23. The molecule has 13 rings (SSSR count). The van der Waals surface area contributed by atoms with Crippen LogP contribution in [0.1, 0.15) is 299 Å². The summed E-state index contributed by atoms with van der Waals surface area (Å²) in [4.78, 5) is 39.8. The highest BCUT2D eigenvalue weighted by Crippen LogP contribution is 2.37. The number of hydrogen-bond acceptors (Lipinski definition) is 27. The SMILES string of the molecule is CC(=O)N1CCN(C(C)(C)C)C(CO)C1.CC(C)(C)N1CCC(CO)(n2cnnc2)CC1.CC(C)(C)N1CCC(n2cnnc2CC#N)CC1.CC(C)(C)OCC1CCOCC1.CC(C)(C)OCC1CCS(=O)(=O)CC1.CC1CC(n2cnnc2)CCN1C(C)(C)C.COC(=O)C1CN(C(C)(C)C)CCC1n1cnnc1.Cc1nncn1C1CCN(C(C)(C)C)CC1. The van der Waals surface area contributed by atoms with Gasteiger partial charge < -0.3 is 56.9 Å². The Hall–Kier alpha value is -6.36. The smallest absolute Gasteiger partial charge is 0.312 e. The Bertz CT molecular complexity index is 4040. The summed E-state index contributed by atoms with van der Waals surface area (Å²) in [7, 11) is -1.28. The van der Waals surface area contributed by atoms with E-state index in [9.17, 15) is 28.2 Å². The zero-order chi connectivity index (χ0) is 94.7. The number of piperazine rings is 1. The third-order valence-corrected chi connectivity index (χ3v) is 27.8. The number of likely N-dealkylation sites (tertiary alicyclic amines) is 5. The summed E-state index contributed by atoms with van der Waals surface area (Å²) >= 11 is 0. The van der Waals surface area contributed by atoms with Crippen LogP contribution in [0.5, 0.6) is 0 Å². The molecule has 0 aromatic carbocycles. The number of methoxy groups -OCH3 is 1. The van der Waals surface area contributed by atoms with Gasteiger partial charge in [-0.2, -0.15) is 5.26 Å². The average Bonchev–Trinajstić information content (AvgIpc) is 1.77. The van der Waals surface area contributed by atoms with E-state index in [1.165, 1.54) is 45.9 Å². The largest absolute Gasteiger partial charge is 0.469 e. The molecule has 2 N–H and O–H groups in total.